The van der Waals surface area contributed by atoms with E-state index in [9.17, 15) is 5.11 Å². The summed E-state index contributed by atoms with van der Waals surface area (Å²) in [4.78, 5) is 11.2. The Labute approximate surface area is 122 Å². The molecule has 114 valence electrons. The number of nitrogens with zero attached hydrogens (tertiary/aromatic N) is 3. The maximum atomic E-state index is 9.98. The molecule has 1 heterocycles. The molecule has 0 radical (unpaired) electrons. The van der Waals surface area contributed by atoms with Crippen molar-refractivity contribution in [2.24, 2.45) is 0 Å². The first-order valence-electron chi connectivity index (χ1n) is 7.33. The van der Waals surface area contributed by atoms with Gasteiger partial charge in [-0.05, 0) is 34.1 Å². The minimum absolute atomic E-state index is 0.530. The summed E-state index contributed by atoms with van der Waals surface area (Å²) < 4.78 is 0. The second-order valence-corrected chi connectivity index (χ2v) is 5.89. The average Bonchev–Trinajstić information content (AvgIpc) is 2.31. The van der Waals surface area contributed by atoms with Gasteiger partial charge in [0.2, 0.25) is 0 Å². The summed E-state index contributed by atoms with van der Waals surface area (Å²) in [5, 5.41) is 13.3. The van der Waals surface area contributed by atoms with E-state index in [0.29, 0.717) is 6.54 Å². The van der Waals surface area contributed by atoms with Crippen molar-refractivity contribution in [3.63, 3.8) is 0 Å². The summed E-state index contributed by atoms with van der Waals surface area (Å²) >= 11 is 0. The SMILES string of the molecule is CCCc1nc(NCC)c(C)c(N(C)CC(C)(C)O)n1. The third kappa shape index (κ3) is 4.63. The molecule has 0 aromatic carbocycles. The topological polar surface area (TPSA) is 61.3 Å². The van der Waals surface area contributed by atoms with E-state index in [1.54, 1.807) is 13.8 Å². The second kappa shape index (κ2) is 6.88. The molecule has 1 aromatic rings. The van der Waals surface area contributed by atoms with Gasteiger partial charge in [-0.3, -0.25) is 0 Å². The Kier molecular flexibility index (Phi) is 5.74. The van der Waals surface area contributed by atoms with Gasteiger partial charge in [0.05, 0.1) is 5.60 Å². The van der Waals surface area contributed by atoms with Gasteiger partial charge in [0, 0.05) is 32.1 Å². The van der Waals surface area contributed by atoms with Gasteiger partial charge in [-0.25, -0.2) is 9.97 Å². The smallest absolute Gasteiger partial charge is 0.137 e. The van der Waals surface area contributed by atoms with Crippen molar-refractivity contribution in [1.82, 2.24) is 9.97 Å². The van der Waals surface area contributed by atoms with Crippen LogP contribution in [0.2, 0.25) is 0 Å². The Bertz CT molecular complexity index is 440. The van der Waals surface area contributed by atoms with Crippen LogP contribution >= 0.6 is 0 Å². The fraction of sp³-hybridized carbons (Fsp3) is 0.733. The number of aliphatic hydroxyl groups is 1. The Morgan fingerprint density at radius 1 is 1.25 bits per heavy atom. The normalized spacial score (nSPS) is 11.6. The highest BCUT2D eigenvalue weighted by atomic mass is 16.3. The van der Waals surface area contributed by atoms with E-state index >= 15 is 0 Å². The Balaban J connectivity index is 3.15. The van der Waals surface area contributed by atoms with E-state index in [4.69, 9.17) is 0 Å². The van der Waals surface area contributed by atoms with E-state index in [1.807, 2.05) is 18.9 Å². The first-order valence-corrected chi connectivity index (χ1v) is 7.33. The number of hydrogen-bond acceptors (Lipinski definition) is 5. The molecule has 1 aromatic heterocycles. The molecule has 0 amide bonds. The first kappa shape index (κ1) is 16.7. The predicted octanol–water partition coefficient (Wildman–Crippen LogP) is 2.38. The lowest BCUT2D eigenvalue weighted by Crippen LogP contribution is -2.37. The van der Waals surface area contributed by atoms with E-state index < -0.39 is 5.60 Å². The van der Waals surface area contributed by atoms with Crippen LogP contribution in [0, 0.1) is 6.92 Å². The number of likely N-dealkylation sites (N-methyl/N-ethyl adjacent to an activating group) is 1. The molecule has 1 rings (SSSR count). The number of rotatable bonds is 7. The van der Waals surface area contributed by atoms with Crippen molar-refractivity contribution in [3.8, 4) is 0 Å². The van der Waals surface area contributed by atoms with E-state index in [0.717, 1.165) is 42.4 Å². The molecule has 0 atom stereocenters. The van der Waals surface area contributed by atoms with Gasteiger partial charge in [0.25, 0.3) is 0 Å². The molecule has 20 heavy (non-hydrogen) atoms. The Morgan fingerprint density at radius 2 is 1.90 bits per heavy atom. The maximum Gasteiger partial charge on any atom is 0.137 e. The molecule has 5 nitrogen and oxygen atoms in total. The molecular formula is C15H28N4O. The number of anilines is 2. The summed E-state index contributed by atoms with van der Waals surface area (Å²) in [6, 6.07) is 0. The van der Waals surface area contributed by atoms with E-state index in [-0.39, 0.29) is 0 Å². The van der Waals surface area contributed by atoms with Crippen LogP contribution in [0.3, 0.4) is 0 Å². The van der Waals surface area contributed by atoms with Crippen molar-refractivity contribution < 1.29 is 5.11 Å². The number of nitrogens with one attached hydrogen (secondary N) is 1. The first-order chi connectivity index (χ1) is 9.28. The van der Waals surface area contributed by atoms with Crippen LogP contribution in [0.4, 0.5) is 11.6 Å². The minimum Gasteiger partial charge on any atom is -0.389 e. The fourth-order valence-corrected chi connectivity index (χ4v) is 2.25. The predicted molar refractivity (Wildman–Crippen MR) is 84.5 cm³/mol. The number of aryl methyl sites for hydroxylation is 1. The summed E-state index contributed by atoms with van der Waals surface area (Å²) in [7, 11) is 1.96. The van der Waals surface area contributed by atoms with Crippen LogP contribution in [-0.2, 0) is 6.42 Å². The van der Waals surface area contributed by atoms with Gasteiger partial charge in [-0.1, -0.05) is 6.92 Å². The number of aromatic nitrogens is 2. The van der Waals surface area contributed by atoms with Gasteiger partial charge >= 0.3 is 0 Å². The molecular weight excluding hydrogens is 252 g/mol. The molecule has 2 N–H and O–H groups in total. The summed E-state index contributed by atoms with van der Waals surface area (Å²) in [6.07, 6.45) is 1.88. The molecule has 0 aliphatic rings. The highest BCUT2D eigenvalue weighted by Gasteiger charge is 2.20. The molecule has 0 bridgehead atoms. The highest BCUT2D eigenvalue weighted by Crippen LogP contribution is 2.24. The standard InChI is InChI=1S/C15H28N4O/c1-7-9-12-17-13(16-8-2)11(3)14(18-12)19(6)10-15(4,5)20/h20H,7-10H2,1-6H3,(H,16,17,18). The maximum absolute atomic E-state index is 9.98. The van der Waals surface area contributed by atoms with Gasteiger partial charge < -0.3 is 15.3 Å². The molecule has 0 fully saturated rings. The van der Waals surface area contributed by atoms with Crippen molar-refractivity contribution in [3.05, 3.63) is 11.4 Å². The highest BCUT2D eigenvalue weighted by molar-refractivity contribution is 5.58. The van der Waals surface area contributed by atoms with Crippen LogP contribution in [0.25, 0.3) is 0 Å². The summed E-state index contributed by atoms with van der Waals surface area (Å²) in [5.41, 5.74) is 0.272. The fourth-order valence-electron chi connectivity index (χ4n) is 2.25. The van der Waals surface area contributed by atoms with Crippen LogP contribution in [0.5, 0.6) is 0 Å². The summed E-state index contributed by atoms with van der Waals surface area (Å²) in [6.45, 7) is 11.2. The second-order valence-electron chi connectivity index (χ2n) is 5.89. The lowest BCUT2D eigenvalue weighted by molar-refractivity contribution is 0.0884. The third-order valence-electron chi connectivity index (χ3n) is 2.97. The molecule has 0 aliphatic heterocycles. The molecule has 0 spiro atoms. The quantitative estimate of drug-likeness (QED) is 0.803. The lowest BCUT2D eigenvalue weighted by atomic mass is 10.1. The zero-order valence-electron chi connectivity index (χ0n) is 13.6. The Hall–Kier alpha value is -1.36. The zero-order valence-corrected chi connectivity index (χ0v) is 13.6. The molecule has 5 heteroatoms. The van der Waals surface area contributed by atoms with Crippen molar-refractivity contribution in [2.45, 2.75) is 53.1 Å². The van der Waals surface area contributed by atoms with Gasteiger partial charge in [0.15, 0.2) is 0 Å². The van der Waals surface area contributed by atoms with E-state index in [2.05, 4.69) is 29.1 Å². The average molecular weight is 280 g/mol. The minimum atomic E-state index is -0.755. The van der Waals surface area contributed by atoms with Crippen molar-refractivity contribution in [1.29, 1.82) is 0 Å². The molecule has 0 unspecified atom stereocenters. The van der Waals surface area contributed by atoms with Gasteiger partial charge in [-0.2, -0.15) is 0 Å². The molecule has 0 aliphatic carbocycles. The monoisotopic (exact) mass is 280 g/mol. The third-order valence-corrected chi connectivity index (χ3v) is 2.97. The molecule has 0 saturated heterocycles. The zero-order chi connectivity index (χ0) is 15.3. The van der Waals surface area contributed by atoms with Crippen LogP contribution in [-0.4, -0.2) is 40.8 Å². The van der Waals surface area contributed by atoms with Crippen molar-refractivity contribution in [2.75, 3.05) is 30.4 Å². The Morgan fingerprint density at radius 3 is 2.40 bits per heavy atom. The van der Waals surface area contributed by atoms with Crippen LogP contribution in [0.1, 0.15) is 45.5 Å². The number of hydrogen-bond donors (Lipinski definition) is 2. The van der Waals surface area contributed by atoms with Crippen LogP contribution in [0.15, 0.2) is 0 Å². The largest absolute Gasteiger partial charge is 0.389 e. The van der Waals surface area contributed by atoms with Gasteiger partial charge in [0.1, 0.15) is 17.5 Å². The van der Waals surface area contributed by atoms with Crippen molar-refractivity contribution >= 4 is 11.6 Å². The molecule has 0 saturated carbocycles. The van der Waals surface area contributed by atoms with Gasteiger partial charge in [-0.15, -0.1) is 0 Å². The van der Waals surface area contributed by atoms with Crippen LogP contribution < -0.4 is 10.2 Å². The summed E-state index contributed by atoms with van der Waals surface area (Å²) in [5.74, 6) is 2.64. The van der Waals surface area contributed by atoms with E-state index in [1.165, 1.54) is 0 Å². The lowest BCUT2D eigenvalue weighted by Gasteiger charge is -2.28.